The summed E-state index contributed by atoms with van der Waals surface area (Å²) in [6.07, 6.45) is 5.86. The number of rotatable bonds is 6. The molecule has 27 heavy (non-hydrogen) atoms. The maximum Gasteiger partial charge on any atom is 0.220 e. The summed E-state index contributed by atoms with van der Waals surface area (Å²) in [6.45, 7) is 8.54. The third-order valence-electron chi connectivity index (χ3n) is 5.95. The molecule has 0 atom stereocenters. The molecule has 2 aliphatic rings. The van der Waals surface area contributed by atoms with Crippen molar-refractivity contribution < 1.29 is 4.79 Å². The Morgan fingerprint density at radius 2 is 2.04 bits per heavy atom. The lowest BCUT2D eigenvalue weighted by molar-refractivity contribution is -0.122. The Morgan fingerprint density at radius 3 is 2.81 bits per heavy atom. The number of benzene rings is 1. The lowest BCUT2D eigenvalue weighted by atomic mass is 9.88. The van der Waals surface area contributed by atoms with Gasteiger partial charge in [-0.25, -0.2) is 0 Å². The minimum Gasteiger partial charge on any atom is -0.353 e. The Bertz CT molecular complexity index is 689. The van der Waals surface area contributed by atoms with Gasteiger partial charge in [0.1, 0.15) is 0 Å². The first kappa shape index (κ1) is 20.1. The number of carbonyl (C=O) groups is 1. The van der Waals surface area contributed by atoms with E-state index in [1.54, 1.807) is 5.57 Å². The summed E-state index contributed by atoms with van der Waals surface area (Å²) in [7, 11) is 2.20. The van der Waals surface area contributed by atoms with Crippen LogP contribution in [-0.4, -0.2) is 50.1 Å². The van der Waals surface area contributed by atoms with Crippen LogP contribution >= 0.6 is 0 Å². The molecule has 0 radical (unpaired) electrons. The molecule has 0 bridgehead atoms. The molecule has 1 fully saturated rings. The van der Waals surface area contributed by atoms with Crippen LogP contribution in [0.4, 0.5) is 0 Å². The summed E-state index contributed by atoms with van der Waals surface area (Å²) in [6, 6.07) is 7.12. The van der Waals surface area contributed by atoms with Crippen LogP contribution in [0.3, 0.4) is 0 Å². The Morgan fingerprint density at radius 1 is 1.26 bits per heavy atom. The number of nitrogens with zero attached hydrogens (tertiary/aromatic N) is 1. The van der Waals surface area contributed by atoms with Gasteiger partial charge in [0.2, 0.25) is 5.91 Å². The zero-order valence-corrected chi connectivity index (χ0v) is 17.2. The molecule has 0 spiro atoms. The van der Waals surface area contributed by atoms with Crippen molar-refractivity contribution in [2.24, 2.45) is 0 Å². The first-order valence-corrected chi connectivity index (χ1v) is 10.5. The number of likely N-dealkylation sites (N-methyl/N-ethyl adjacent to an activating group) is 1. The Labute approximate surface area is 164 Å². The molecule has 0 saturated carbocycles. The third-order valence-corrected chi connectivity index (χ3v) is 5.95. The molecule has 0 aromatic heterocycles. The van der Waals surface area contributed by atoms with Crippen LogP contribution in [-0.2, 0) is 4.79 Å². The van der Waals surface area contributed by atoms with Crippen molar-refractivity contribution in [1.82, 2.24) is 15.5 Å². The molecule has 3 rings (SSSR count). The predicted molar refractivity (Wildman–Crippen MR) is 113 cm³/mol. The van der Waals surface area contributed by atoms with Crippen LogP contribution < -0.4 is 10.6 Å². The highest BCUT2D eigenvalue weighted by Gasteiger charge is 2.20. The molecular formula is C23H35N3O. The van der Waals surface area contributed by atoms with Gasteiger partial charge in [0.05, 0.1) is 0 Å². The number of aryl methyl sites for hydroxylation is 2. The van der Waals surface area contributed by atoms with Crippen LogP contribution in [0.15, 0.2) is 23.8 Å². The summed E-state index contributed by atoms with van der Waals surface area (Å²) in [5.74, 6) is 0.226. The van der Waals surface area contributed by atoms with E-state index in [1.807, 2.05) is 0 Å². The zero-order valence-electron chi connectivity index (χ0n) is 17.2. The van der Waals surface area contributed by atoms with E-state index in [1.165, 1.54) is 22.3 Å². The van der Waals surface area contributed by atoms with E-state index in [9.17, 15) is 4.79 Å². The molecule has 1 amide bonds. The predicted octanol–water partition coefficient (Wildman–Crippen LogP) is 3.43. The minimum atomic E-state index is 0.226. The fourth-order valence-electron chi connectivity index (χ4n) is 4.28. The molecule has 2 N–H and O–H groups in total. The number of nitrogens with one attached hydrogen (secondary N) is 2. The summed E-state index contributed by atoms with van der Waals surface area (Å²) < 4.78 is 0. The molecule has 2 heterocycles. The highest BCUT2D eigenvalue weighted by atomic mass is 16.1. The second-order valence-corrected chi connectivity index (χ2v) is 8.33. The highest BCUT2D eigenvalue weighted by molar-refractivity contribution is 5.76. The second-order valence-electron chi connectivity index (χ2n) is 8.33. The van der Waals surface area contributed by atoms with E-state index in [4.69, 9.17) is 0 Å². The molecule has 148 valence electrons. The number of amides is 1. The van der Waals surface area contributed by atoms with Crippen molar-refractivity contribution in [1.29, 1.82) is 0 Å². The summed E-state index contributed by atoms with van der Waals surface area (Å²) in [5, 5.41) is 6.57. The molecular weight excluding hydrogens is 334 g/mol. The highest BCUT2D eigenvalue weighted by Crippen LogP contribution is 2.31. The van der Waals surface area contributed by atoms with Crippen molar-refractivity contribution in [3.05, 3.63) is 40.5 Å². The summed E-state index contributed by atoms with van der Waals surface area (Å²) >= 11 is 0. The molecule has 1 saturated heterocycles. The van der Waals surface area contributed by atoms with Crippen molar-refractivity contribution in [2.45, 2.75) is 58.4 Å². The molecule has 1 aromatic rings. The molecule has 4 nitrogen and oxygen atoms in total. The first-order valence-electron chi connectivity index (χ1n) is 10.5. The van der Waals surface area contributed by atoms with Gasteiger partial charge in [-0.15, -0.1) is 0 Å². The van der Waals surface area contributed by atoms with Gasteiger partial charge in [-0.2, -0.15) is 0 Å². The zero-order chi connectivity index (χ0) is 19.2. The van der Waals surface area contributed by atoms with E-state index in [2.05, 4.69) is 54.6 Å². The van der Waals surface area contributed by atoms with Crippen molar-refractivity contribution in [3.8, 4) is 0 Å². The van der Waals surface area contributed by atoms with Gasteiger partial charge in [-0.05, 0) is 82.8 Å². The fraction of sp³-hybridized carbons (Fsp3) is 0.609. The Kier molecular flexibility index (Phi) is 7.08. The smallest absolute Gasteiger partial charge is 0.220 e. The monoisotopic (exact) mass is 369 g/mol. The van der Waals surface area contributed by atoms with E-state index in [0.29, 0.717) is 12.5 Å². The Balaban J connectivity index is 1.62. The van der Waals surface area contributed by atoms with E-state index in [-0.39, 0.29) is 5.91 Å². The lowest BCUT2D eigenvalue weighted by Gasteiger charge is -2.29. The number of hydrogen-bond donors (Lipinski definition) is 2. The van der Waals surface area contributed by atoms with Gasteiger partial charge < -0.3 is 15.5 Å². The normalized spacial score (nSPS) is 19.4. The standard InChI is InChI=1S/C23H35N3O/c1-17-7-8-18(2)21(15-17)22-16-26(3)14-11-19(22)5-4-6-23(27)25-20-9-12-24-13-10-20/h7-8,15,20,24H,4-6,9-14,16H2,1-3H3,(H,25,27). The SMILES string of the molecule is Cc1ccc(C)c(C2=C(CCCC(=O)NC3CCNCC3)CCN(C)C2)c1. The van der Waals surface area contributed by atoms with E-state index >= 15 is 0 Å². The quantitative estimate of drug-likeness (QED) is 0.807. The average molecular weight is 370 g/mol. The van der Waals surface area contributed by atoms with E-state index in [0.717, 1.165) is 58.3 Å². The number of hydrogen-bond acceptors (Lipinski definition) is 3. The Hall–Kier alpha value is -1.65. The minimum absolute atomic E-state index is 0.226. The molecule has 4 heteroatoms. The van der Waals surface area contributed by atoms with Crippen LogP contribution in [0.1, 0.15) is 55.2 Å². The molecule has 1 aromatic carbocycles. The maximum absolute atomic E-state index is 12.3. The number of piperidine rings is 1. The summed E-state index contributed by atoms with van der Waals surface area (Å²) in [5.41, 5.74) is 7.11. The van der Waals surface area contributed by atoms with Gasteiger partial charge in [-0.3, -0.25) is 4.79 Å². The van der Waals surface area contributed by atoms with Gasteiger partial charge >= 0.3 is 0 Å². The van der Waals surface area contributed by atoms with Gasteiger partial charge in [0.15, 0.2) is 0 Å². The third kappa shape index (κ3) is 5.66. The second kappa shape index (κ2) is 9.52. The van der Waals surface area contributed by atoms with Gasteiger partial charge in [0.25, 0.3) is 0 Å². The average Bonchev–Trinajstić information content (AvgIpc) is 2.66. The topological polar surface area (TPSA) is 44.4 Å². The van der Waals surface area contributed by atoms with Crippen molar-refractivity contribution >= 4 is 11.5 Å². The van der Waals surface area contributed by atoms with Crippen LogP contribution in [0, 0.1) is 13.8 Å². The van der Waals surface area contributed by atoms with Gasteiger partial charge in [-0.1, -0.05) is 29.3 Å². The van der Waals surface area contributed by atoms with Crippen molar-refractivity contribution in [3.63, 3.8) is 0 Å². The maximum atomic E-state index is 12.3. The van der Waals surface area contributed by atoms with Crippen LogP contribution in [0.25, 0.3) is 5.57 Å². The summed E-state index contributed by atoms with van der Waals surface area (Å²) in [4.78, 5) is 14.7. The fourth-order valence-corrected chi connectivity index (χ4v) is 4.28. The molecule has 2 aliphatic heterocycles. The molecule has 0 aliphatic carbocycles. The molecule has 0 unspecified atom stereocenters. The van der Waals surface area contributed by atoms with E-state index < -0.39 is 0 Å². The van der Waals surface area contributed by atoms with Crippen molar-refractivity contribution in [2.75, 3.05) is 33.2 Å². The first-order chi connectivity index (χ1) is 13.0. The number of carbonyl (C=O) groups excluding carboxylic acids is 1. The van der Waals surface area contributed by atoms with Crippen LogP contribution in [0.5, 0.6) is 0 Å². The largest absolute Gasteiger partial charge is 0.353 e. The van der Waals surface area contributed by atoms with Gasteiger partial charge in [0, 0.05) is 25.6 Å². The lowest BCUT2D eigenvalue weighted by Crippen LogP contribution is -2.42. The van der Waals surface area contributed by atoms with Crippen LogP contribution in [0.2, 0.25) is 0 Å².